The van der Waals surface area contributed by atoms with E-state index in [0.717, 1.165) is 18.4 Å². The number of amides is 1. The number of ether oxygens (including phenoxy) is 1. The summed E-state index contributed by atoms with van der Waals surface area (Å²) in [7, 11) is 0. The van der Waals surface area contributed by atoms with Crippen molar-refractivity contribution in [2.75, 3.05) is 13.2 Å². The van der Waals surface area contributed by atoms with Crippen molar-refractivity contribution >= 4 is 22.6 Å². The number of allylic oxidation sites excluding steroid dienone is 1. The van der Waals surface area contributed by atoms with E-state index in [1.165, 1.54) is 15.0 Å². The lowest BCUT2D eigenvalue weighted by Crippen LogP contribution is -2.37. The molecule has 3 aromatic rings. The molecule has 0 radical (unpaired) electrons. The van der Waals surface area contributed by atoms with Crippen molar-refractivity contribution in [3.8, 4) is 0 Å². The molecule has 8 heteroatoms. The molecule has 0 aliphatic carbocycles. The van der Waals surface area contributed by atoms with Crippen LogP contribution in [-0.2, 0) is 11.3 Å². The van der Waals surface area contributed by atoms with E-state index >= 15 is 0 Å². The summed E-state index contributed by atoms with van der Waals surface area (Å²) in [6, 6.07) is 5.10. The van der Waals surface area contributed by atoms with Crippen LogP contribution in [0, 0.1) is 12.3 Å². The van der Waals surface area contributed by atoms with Crippen LogP contribution in [0.5, 0.6) is 0 Å². The molecule has 29 heavy (non-hydrogen) atoms. The van der Waals surface area contributed by atoms with Gasteiger partial charge in [-0.15, -0.1) is 6.58 Å². The van der Waals surface area contributed by atoms with Crippen molar-refractivity contribution in [2.24, 2.45) is 0 Å². The predicted molar refractivity (Wildman–Crippen MR) is 109 cm³/mol. The predicted octanol–water partition coefficient (Wildman–Crippen LogP) is 1.53. The smallest absolute Gasteiger partial charge is 0.267 e. The van der Waals surface area contributed by atoms with E-state index in [9.17, 15) is 9.59 Å². The first-order valence-electron chi connectivity index (χ1n) is 9.61. The molecule has 1 saturated heterocycles. The van der Waals surface area contributed by atoms with Gasteiger partial charge >= 0.3 is 0 Å². The lowest BCUT2D eigenvalue weighted by Gasteiger charge is -2.15. The average Bonchev–Trinajstić information content (AvgIpc) is 3.23. The Kier molecular flexibility index (Phi) is 5.02. The van der Waals surface area contributed by atoms with E-state index in [1.807, 2.05) is 13.0 Å². The number of carbonyl (C=O) groups is 1. The minimum Gasteiger partial charge on any atom is -0.376 e. The van der Waals surface area contributed by atoms with Gasteiger partial charge in [0.2, 0.25) is 0 Å². The molecule has 0 spiro atoms. The van der Waals surface area contributed by atoms with Crippen LogP contribution in [0.4, 0.5) is 0 Å². The van der Waals surface area contributed by atoms with Crippen LogP contribution in [0.2, 0.25) is 0 Å². The van der Waals surface area contributed by atoms with Crippen LogP contribution < -0.4 is 16.4 Å². The van der Waals surface area contributed by atoms with E-state index in [4.69, 9.17) is 10.1 Å². The van der Waals surface area contributed by atoms with Gasteiger partial charge in [-0.05, 0) is 37.5 Å². The first-order valence-corrected chi connectivity index (χ1v) is 9.61. The first-order chi connectivity index (χ1) is 14.0. The Balaban J connectivity index is 1.87. The molecule has 1 unspecified atom stereocenters. The fourth-order valence-corrected chi connectivity index (χ4v) is 3.63. The van der Waals surface area contributed by atoms with E-state index in [-0.39, 0.29) is 34.6 Å². The number of carbonyl (C=O) groups excluding carboxylic acids is 1. The van der Waals surface area contributed by atoms with Crippen LogP contribution in [0.15, 0.2) is 41.8 Å². The van der Waals surface area contributed by atoms with Crippen LogP contribution in [0.3, 0.4) is 0 Å². The molecule has 0 saturated carbocycles. The summed E-state index contributed by atoms with van der Waals surface area (Å²) in [4.78, 5) is 30.5. The molecule has 1 atom stereocenters. The number of pyridine rings is 2. The maximum Gasteiger partial charge on any atom is 0.267 e. The SMILES string of the molecule is C=CCn1c(=N)c(C(=O)NCC2CCCO2)cc2c(=O)n3cc(C)ccc3nc21. The van der Waals surface area contributed by atoms with Gasteiger partial charge in [-0.25, -0.2) is 4.98 Å². The quantitative estimate of drug-likeness (QED) is 0.507. The normalized spacial score (nSPS) is 16.4. The zero-order chi connectivity index (χ0) is 20.5. The summed E-state index contributed by atoms with van der Waals surface area (Å²) in [5.74, 6) is -0.404. The monoisotopic (exact) mass is 393 g/mol. The minimum absolute atomic E-state index is 0.00639. The van der Waals surface area contributed by atoms with Gasteiger partial charge in [0.25, 0.3) is 11.5 Å². The molecule has 4 rings (SSSR count). The largest absolute Gasteiger partial charge is 0.376 e. The van der Waals surface area contributed by atoms with E-state index in [0.29, 0.717) is 24.4 Å². The standard InChI is InChI=1S/C21H23N5O3/c1-3-8-25-18(22)15(20(27)23-11-14-5-4-9-29-14)10-16-19(25)24-17-7-6-13(2)12-26(17)21(16)28/h3,6-7,10,12,14,22H,1,4-5,8-9,11H2,2H3,(H,23,27). The number of rotatable bonds is 5. The summed E-state index contributed by atoms with van der Waals surface area (Å²) >= 11 is 0. The average molecular weight is 393 g/mol. The highest BCUT2D eigenvalue weighted by atomic mass is 16.5. The highest BCUT2D eigenvalue weighted by molar-refractivity contribution is 5.96. The van der Waals surface area contributed by atoms with Crippen LogP contribution in [-0.4, -0.2) is 39.1 Å². The number of nitrogens with one attached hydrogen (secondary N) is 2. The fraction of sp³-hybridized carbons (Fsp3) is 0.333. The fourth-order valence-electron chi connectivity index (χ4n) is 3.63. The van der Waals surface area contributed by atoms with Gasteiger partial charge in [-0.1, -0.05) is 12.1 Å². The molecule has 150 valence electrons. The Morgan fingerprint density at radius 3 is 3.03 bits per heavy atom. The third-order valence-electron chi connectivity index (χ3n) is 5.13. The number of hydrogen-bond donors (Lipinski definition) is 2. The molecule has 4 heterocycles. The maximum atomic E-state index is 13.1. The van der Waals surface area contributed by atoms with Crippen LogP contribution >= 0.6 is 0 Å². The topological polar surface area (TPSA) is 101 Å². The number of hydrogen-bond acceptors (Lipinski definition) is 5. The molecule has 1 aliphatic heterocycles. The molecule has 0 bridgehead atoms. The number of nitrogens with zero attached hydrogens (tertiary/aromatic N) is 3. The second-order valence-electron chi connectivity index (χ2n) is 7.24. The third-order valence-corrected chi connectivity index (χ3v) is 5.13. The van der Waals surface area contributed by atoms with Gasteiger partial charge in [0.15, 0.2) is 0 Å². The molecule has 1 fully saturated rings. The van der Waals surface area contributed by atoms with Gasteiger partial charge in [-0.2, -0.15) is 0 Å². The maximum absolute atomic E-state index is 13.1. The van der Waals surface area contributed by atoms with E-state index in [1.54, 1.807) is 18.3 Å². The molecule has 1 aliphatic rings. The first kappa shape index (κ1) is 19.1. The summed E-state index contributed by atoms with van der Waals surface area (Å²) in [5.41, 5.74) is 1.61. The zero-order valence-electron chi connectivity index (χ0n) is 16.3. The summed E-state index contributed by atoms with van der Waals surface area (Å²) < 4.78 is 8.54. The van der Waals surface area contributed by atoms with Gasteiger partial charge in [-0.3, -0.25) is 19.4 Å². The highest BCUT2D eigenvalue weighted by Crippen LogP contribution is 2.13. The highest BCUT2D eigenvalue weighted by Gasteiger charge is 2.20. The summed E-state index contributed by atoms with van der Waals surface area (Å²) in [5, 5.41) is 11.7. The molecule has 8 nitrogen and oxygen atoms in total. The minimum atomic E-state index is -0.404. The molecule has 3 aromatic heterocycles. The third kappa shape index (κ3) is 3.47. The van der Waals surface area contributed by atoms with Gasteiger partial charge in [0.1, 0.15) is 16.8 Å². The zero-order valence-corrected chi connectivity index (χ0v) is 16.3. The van der Waals surface area contributed by atoms with Crippen molar-refractivity contribution in [1.29, 1.82) is 5.41 Å². The van der Waals surface area contributed by atoms with E-state index < -0.39 is 5.91 Å². The summed E-state index contributed by atoms with van der Waals surface area (Å²) in [6.07, 6.45) is 5.21. The second-order valence-corrected chi connectivity index (χ2v) is 7.24. The Bertz CT molecular complexity index is 1240. The summed E-state index contributed by atoms with van der Waals surface area (Å²) in [6.45, 7) is 6.97. The Morgan fingerprint density at radius 2 is 2.31 bits per heavy atom. The molecule has 1 amide bonds. The van der Waals surface area contributed by atoms with Gasteiger partial charge in [0.05, 0.1) is 17.1 Å². The molecular weight excluding hydrogens is 370 g/mol. The number of fused-ring (bicyclic) bond motifs is 2. The van der Waals surface area contributed by atoms with Crippen molar-refractivity contribution in [3.63, 3.8) is 0 Å². The Morgan fingerprint density at radius 1 is 1.48 bits per heavy atom. The van der Waals surface area contributed by atoms with Crippen LogP contribution in [0.25, 0.3) is 16.7 Å². The van der Waals surface area contributed by atoms with Crippen molar-refractivity contribution < 1.29 is 9.53 Å². The van der Waals surface area contributed by atoms with Gasteiger partial charge < -0.3 is 14.6 Å². The number of aromatic nitrogens is 3. The lowest BCUT2D eigenvalue weighted by molar-refractivity contribution is 0.0856. The second kappa shape index (κ2) is 7.63. The molecular formula is C21H23N5O3. The Labute approximate surface area is 167 Å². The van der Waals surface area contributed by atoms with Gasteiger partial charge in [0, 0.05) is 25.9 Å². The van der Waals surface area contributed by atoms with E-state index in [2.05, 4.69) is 16.9 Å². The van der Waals surface area contributed by atoms with Crippen molar-refractivity contribution in [1.82, 2.24) is 19.3 Å². The Hall–Kier alpha value is -3.26. The van der Waals surface area contributed by atoms with Crippen LogP contribution in [0.1, 0.15) is 28.8 Å². The van der Waals surface area contributed by atoms with Crippen molar-refractivity contribution in [3.05, 3.63) is 64.0 Å². The lowest BCUT2D eigenvalue weighted by atomic mass is 10.1. The molecule has 0 aromatic carbocycles. The molecule has 2 N–H and O–H groups in total. The van der Waals surface area contributed by atoms with Crippen molar-refractivity contribution in [2.45, 2.75) is 32.4 Å². The number of aryl methyl sites for hydroxylation is 1.